The van der Waals surface area contributed by atoms with Gasteiger partial charge in [0.05, 0.1) is 5.69 Å². The first-order chi connectivity index (χ1) is 11.5. The molecule has 0 aliphatic rings. The van der Waals surface area contributed by atoms with Crippen LogP contribution in [0.5, 0.6) is 0 Å². The lowest BCUT2D eigenvalue weighted by Gasteiger charge is -2.12. The minimum absolute atomic E-state index is 0.142. The number of hydrogen-bond acceptors (Lipinski definition) is 2. The second-order valence-corrected chi connectivity index (χ2v) is 5.55. The first kappa shape index (κ1) is 15.7. The second-order valence-electron chi connectivity index (χ2n) is 5.55. The maximum absolute atomic E-state index is 13.6. The maximum atomic E-state index is 13.6. The molecule has 0 saturated carbocycles. The molecule has 0 fully saturated rings. The zero-order chi connectivity index (χ0) is 17.3. The summed E-state index contributed by atoms with van der Waals surface area (Å²) in [5.74, 6) is -0.389. The first-order valence-electron chi connectivity index (χ1n) is 7.38. The SMILES string of the molecule is Cc1ccc(NC(=O)Nc2cn(C)c(=O)c3ccccc23)cc1F. The molecule has 0 bridgehead atoms. The number of pyridine rings is 1. The first-order valence-corrected chi connectivity index (χ1v) is 7.38. The van der Waals surface area contributed by atoms with Gasteiger partial charge >= 0.3 is 6.03 Å². The van der Waals surface area contributed by atoms with Crippen LogP contribution in [0.15, 0.2) is 53.5 Å². The molecule has 122 valence electrons. The minimum Gasteiger partial charge on any atom is -0.316 e. The standard InChI is InChI=1S/C18H16FN3O2/c1-11-7-8-12(9-15(11)19)20-18(24)21-16-10-22(2)17(23)14-6-4-3-5-13(14)16/h3-10H,1-2H3,(H2,20,21,24). The second kappa shape index (κ2) is 6.16. The zero-order valence-electron chi connectivity index (χ0n) is 13.3. The van der Waals surface area contributed by atoms with Gasteiger partial charge in [-0.3, -0.25) is 4.79 Å². The van der Waals surface area contributed by atoms with E-state index in [1.165, 1.54) is 10.6 Å². The fourth-order valence-electron chi connectivity index (χ4n) is 2.47. The van der Waals surface area contributed by atoms with E-state index in [-0.39, 0.29) is 11.4 Å². The number of carbonyl (C=O) groups excluding carboxylic acids is 1. The third-order valence-corrected chi connectivity index (χ3v) is 3.77. The van der Waals surface area contributed by atoms with E-state index in [9.17, 15) is 14.0 Å². The van der Waals surface area contributed by atoms with Crippen molar-refractivity contribution in [3.05, 3.63) is 70.4 Å². The van der Waals surface area contributed by atoms with Crippen LogP contribution in [-0.4, -0.2) is 10.6 Å². The number of rotatable bonds is 2. The van der Waals surface area contributed by atoms with E-state index in [1.807, 2.05) is 0 Å². The lowest BCUT2D eigenvalue weighted by Crippen LogP contribution is -2.23. The molecule has 2 N–H and O–H groups in total. The molecule has 0 radical (unpaired) electrons. The summed E-state index contributed by atoms with van der Waals surface area (Å²) >= 11 is 0. The smallest absolute Gasteiger partial charge is 0.316 e. The van der Waals surface area contributed by atoms with Crippen molar-refractivity contribution in [2.45, 2.75) is 6.92 Å². The number of aromatic nitrogens is 1. The number of halogens is 1. The Hall–Kier alpha value is -3.15. The van der Waals surface area contributed by atoms with Gasteiger partial charge in [0, 0.05) is 29.7 Å². The summed E-state index contributed by atoms with van der Waals surface area (Å²) in [5.41, 5.74) is 1.21. The summed E-state index contributed by atoms with van der Waals surface area (Å²) in [6, 6.07) is 11.0. The zero-order valence-corrected chi connectivity index (χ0v) is 13.3. The molecule has 1 heterocycles. The van der Waals surface area contributed by atoms with Gasteiger partial charge in [-0.1, -0.05) is 24.3 Å². The van der Waals surface area contributed by atoms with E-state index in [0.29, 0.717) is 27.7 Å². The summed E-state index contributed by atoms with van der Waals surface area (Å²) in [6.07, 6.45) is 1.56. The summed E-state index contributed by atoms with van der Waals surface area (Å²) in [6.45, 7) is 1.65. The molecule has 24 heavy (non-hydrogen) atoms. The predicted molar refractivity (Wildman–Crippen MR) is 93.0 cm³/mol. The molecule has 5 nitrogen and oxygen atoms in total. The summed E-state index contributed by atoms with van der Waals surface area (Å²) in [4.78, 5) is 24.3. The molecular formula is C18H16FN3O2. The molecule has 0 aliphatic heterocycles. The Labute approximate surface area is 137 Å². The highest BCUT2D eigenvalue weighted by atomic mass is 19.1. The molecule has 0 unspecified atom stereocenters. The monoisotopic (exact) mass is 325 g/mol. The Bertz CT molecular complexity index is 995. The van der Waals surface area contributed by atoms with Crippen molar-refractivity contribution in [1.29, 1.82) is 0 Å². The van der Waals surface area contributed by atoms with Crippen LogP contribution >= 0.6 is 0 Å². The van der Waals surface area contributed by atoms with E-state index >= 15 is 0 Å². The van der Waals surface area contributed by atoms with Gasteiger partial charge in [-0.2, -0.15) is 0 Å². The van der Waals surface area contributed by atoms with Gasteiger partial charge in [-0.05, 0) is 30.7 Å². The Kier molecular flexibility index (Phi) is 4.04. The number of nitrogens with one attached hydrogen (secondary N) is 2. The van der Waals surface area contributed by atoms with Crippen molar-refractivity contribution in [2.75, 3.05) is 10.6 Å². The van der Waals surface area contributed by atoms with Crippen molar-refractivity contribution in [3.8, 4) is 0 Å². The fourth-order valence-corrected chi connectivity index (χ4v) is 2.47. The predicted octanol–water partition coefficient (Wildman–Crippen LogP) is 3.63. The third-order valence-electron chi connectivity index (χ3n) is 3.77. The van der Waals surface area contributed by atoms with Crippen molar-refractivity contribution in [3.63, 3.8) is 0 Å². The number of anilines is 2. The van der Waals surface area contributed by atoms with Crippen molar-refractivity contribution >= 4 is 28.2 Å². The van der Waals surface area contributed by atoms with E-state index in [2.05, 4.69) is 10.6 Å². The van der Waals surface area contributed by atoms with Crippen LogP contribution < -0.4 is 16.2 Å². The molecule has 0 aliphatic carbocycles. The maximum Gasteiger partial charge on any atom is 0.323 e. The lowest BCUT2D eigenvalue weighted by molar-refractivity contribution is 0.262. The summed E-state index contributed by atoms with van der Waals surface area (Å²) < 4.78 is 15.0. The normalized spacial score (nSPS) is 10.6. The van der Waals surface area contributed by atoms with Gasteiger partial charge in [0.25, 0.3) is 5.56 Å². The molecule has 6 heteroatoms. The van der Waals surface area contributed by atoms with Gasteiger partial charge in [-0.15, -0.1) is 0 Å². The van der Waals surface area contributed by atoms with E-state index in [1.54, 1.807) is 56.6 Å². The molecule has 3 rings (SSSR count). The Morgan fingerprint density at radius 2 is 1.79 bits per heavy atom. The Morgan fingerprint density at radius 3 is 2.50 bits per heavy atom. The lowest BCUT2D eigenvalue weighted by atomic mass is 10.1. The van der Waals surface area contributed by atoms with E-state index in [0.717, 1.165) is 0 Å². The number of urea groups is 1. The van der Waals surface area contributed by atoms with Gasteiger partial charge in [0.2, 0.25) is 0 Å². The van der Waals surface area contributed by atoms with Gasteiger partial charge < -0.3 is 15.2 Å². The molecule has 0 saturated heterocycles. The van der Waals surface area contributed by atoms with Crippen LogP contribution in [0, 0.1) is 12.7 Å². The van der Waals surface area contributed by atoms with Crippen LogP contribution in [-0.2, 0) is 7.05 Å². The quantitative estimate of drug-likeness (QED) is 0.756. The van der Waals surface area contributed by atoms with Crippen molar-refractivity contribution < 1.29 is 9.18 Å². The molecule has 1 aromatic heterocycles. The molecule has 0 spiro atoms. The summed E-state index contributed by atoms with van der Waals surface area (Å²) in [7, 11) is 1.62. The van der Waals surface area contributed by atoms with E-state index in [4.69, 9.17) is 0 Å². The van der Waals surface area contributed by atoms with Gasteiger partial charge in [0.15, 0.2) is 0 Å². The molecule has 2 aromatic carbocycles. The molecule has 3 aromatic rings. The number of nitrogens with zero attached hydrogens (tertiary/aromatic N) is 1. The number of fused-ring (bicyclic) bond motifs is 1. The van der Waals surface area contributed by atoms with Crippen molar-refractivity contribution in [2.24, 2.45) is 7.05 Å². The molecule has 0 atom stereocenters. The van der Waals surface area contributed by atoms with Gasteiger partial charge in [-0.25, -0.2) is 9.18 Å². The highest BCUT2D eigenvalue weighted by Gasteiger charge is 2.10. The molecule has 2 amide bonds. The number of amides is 2. The largest absolute Gasteiger partial charge is 0.323 e. The highest BCUT2D eigenvalue weighted by Crippen LogP contribution is 2.20. The van der Waals surface area contributed by atoms with E-state index < -0.39 is 6.03 Å². The van der Waals surface area contributed by atoms with Crippen LogP contribution in [0.25, 0.3) is 10.8 Å². The number of carbonyl (C=O) groups is 1. The minimum atomic E-state index is -0.512. The van der Waals surface area contributed by atoms with Crippen LogP contribution in [0.3, 0.4) is 0 Å². The average molecular weight is 325 g/mol. The molecular weight excluding hydrogens is 309 g/mol. The van der Waals surface area contributed by atoms with Crippen molar-refractivity contribution in [1.82, 2.24) is 4.57 Å². The number of aryl methyl sites for hydroxylation is 2. The Balaban J connectivity index is 1.89. The highest BCUT2D eigenvalue weighted by molar-refractivity contribution is 6.05. The number of hydrogen-bond donors (Lipinski definition) is 2. The fraction of sp³-hybridized carbons (Fsp3) is 0.111. The third kappa shape index (κ3) is 2.99. The summed E-state index contributed by atoms with van der Waals surface area (Å²) in [5, 5.41) is 6.44. The van der Waals surface area contributed by atoms with Crippen LogP contribution in [0.4, 0.5) is 20.6 Å². The topological polar surface area (TPSA) is 63.1 Å². The van der Waals surface area contributed by atoms with Gasteiger partial charge in [0.1, 0.15) is 5.82 Å². The Morgan fingerprint density at radius 1 is 1.08 bits per heavy atom. The average Bonchev–Trinajstić information content (AvgIpc) is 2.56. The van der Waals surface area contributed by atoms with Crippen LogP contribution in [0.1, 0.15) is 5.56 Å². The van der Waals surface area contributed by atoms with Crippen LogP contribution in [0.2, 0.25) is 0 Å². The number of benzene rings is 2.